The van der Waals surface area contributed by atoms with E-state index < -0.39 is 22.1 Å². The summed E-state index contributed by atoms with van der Waals surface area (Å²) in [6.07, 6.45) is 0.890. The van der Waals surface area contributed by atoms with E-state index in [4.69, 9.17) is 16.3 Å². The fourth-order valence-electron chi connectivity index (χ4n) is 2.49. The molecule has 1 aliphatic heterocycles. The minimum absolute atomic E-state index is 0.0582. The van der Waals surface area contributed by atoms with Crippen LogP contribution in [-0.2, 0) is 24.3 Å². The van der Waals surface area contributed by atoms with Gasteiger partial charge in [0.2, 0.25) is 10.0 Å². The molecule has 0 radical (unpaired) electrons. The molecule has 0 unspecified atom stereocenters. The molecule has 0 bridgehead atoms. The van der Waals surface area contributed by atoms with E-state index in [0.717, 1.165) is 12.8 Å². The Labute approximate surface area is 152 Å². The van der Waals surface area contributed by atoms with Gasteiger partial charge in [-0.15, -0.1) is 0 Å². The first-order valence-electron chi connectivity index (χ1n) is 8.03. The molecule has 7 nitrogen and oxygen atoms in total. The summed E-state index contributed by atoms with van der Waals surface area (Å²) in [5.41, 5.74) is 0. The first-order valence-corrected chi connectivity index (χ1v) is 9.89. The van der Waals surface area contributed by atoms with Crippen molar-refractivity contribution in [2.24, 2.45) is 0 Å². The van der Waals surface area contributed by atoms with Crippen LogP contribution in [0, 0.1) is 0 Å². The number of esters is 1. The van der Waals surface area contributed by atoms with E-state index in [2.05, 4.69) is 4.72 Å². The van der Waals surface area contributed by atoms with E-state index in [-0.39, 0.29) is 23.8 Å². The van der Waals surface area contributed by atoms with Gasteiger partial charge in [-0.05, 0) is 44.0 Å². The highest BCUT2D eigenvalue weighted by molar-refractivity contribution is 7.89. The van der Waals surface area contributed by atoms with Crippen LogP contribution in [0.5, 0.6) is 0 Å². The second-order valence-electron chi connectivity index (χ2n) is 5.77. The Bertz CT molecular complexity index is 715. The van der Waals surface area contributed by atoms with Crippen molar-refractivity contribution in [3.8, 4) is 0 Å². The Morgan fingerprint density at radius 1 is 1.24 bits per heavy atom. The molecular weight excluding hydrogens is 368 g/mol. The van der Waals surface area contributed by atoms with Crippen molar-refractivity contribution in [3.63, 3.8) is 0 Å². The minimum Gasteiger partial charge on any atom is -0.452 e. The van der Waals surface area contributed by atoms with Crippen molar-refractivity contribution in [3.05, 3.63) is 29.3 Å². The third-order valence-electron chi connectivity index (χ3n) is 3.82. The first kappa shape index (κ1) is 19.7. The molecule has 0 spiro atoms. The second-order valence-corrected chi connectivity index (χ2v) is 7.97. The first-order chi connectivity index (χ1) is 11.8. The van der Waals surface area contributed by atoms with Crippen molar-refractivity contribution < 1.29 is 22.7 Å². The van der Waals surface area contributed by atoms with Gasteiger partial charge >= 0.3 is 5.97 Å². The summed E-state index contributed by atoms with van der Waals surface area (Å²) < 4.78 is 31.5. The molecule has 1 atom stereocenters. The van der Waals surface area contributed by atoms with Gasteiger partial charge in [-0.25, -0.2) is 13.1 Å². The molecule has 138 valence electrons. The van der Waals surface area contributed by atoms with E-state index in [9.17, 15) is 18.0 Å². The molecule has 0 saturated carbocycles. The zero-order valence-corrected chi connectivity index (χ0v) is 15.5. The van der Waals surface area contributed by atoms with E-state index in [1.807, 2.05) is 0 Å². The van der Waals surface area contributed by atoms with Crippen LogP contribution in [0.4, 0.5) is 0 Å². The predicted octanol–water partition coefficient (Wildman–Crippen LogP) is 1.56. The van der Waals surface area contributed by atoms with Crippen molar-refractivity contribution in [1.29, 1.82) is 0 Å². The molecule has 1 aliphatic rings. The highest BCUT2D eigenvalue weighted by Gasteiger charge is 2.26. The Balaban J connectivity index is 1.77. The standard InChI is InChI=1S/C16H21ClN2O5S/c1-12(16(21)19-10-2-3-11-19)24-15(20)8-9-18-25(22,23)14-6-4-13(17)5-7-14/h4-7,12,18H,2-3,8-11H2,1H3/t12-/m1/s1. The number of rotatable bonds is 7. The highest BCUT2D eigenvalue weighted by atomic mass is 35.5. The van der Waals surface area contributed by atoms with Gasteiger partial charge in [0.15, 0.2) is 6.10 Å². The molecule has 1 aromatic carbocycles. The maximum absolute atomic E-state index is 12.1. The van der Waals surface area contributed by atoms with Crippen LogP contribution in [0.2, 0.25) is 5.02 Å². The van der Waals surface area contributed by atoms with Crippen LogP contribution >= 0.6 is 11.6 Å². The number of nitrogens with zero attached hydrogens (tertiary/aromatic N) is 1. The Morgan fingerprint density at radius 3 is 2.44 bits per heavy atom. The van der Waals surface area contributed by atoms with E-state index in [0.29, 0.717) is 18.1 Å². The van der Waals surface area contributed by atoms with Crippen molar-refractivity contribution in [1.82, 2.24) is 9.62 Å². The summed E-state index contributed by atoms with van der Waals surface area (Å²) in [4.78, 5) is 25.6. The van der Waals surface area contributed by atoms with Crippen LogP contribution in [0.3, 0.4) is 0 Å². The van der Waals surface area contributed by atoms with E-state index >= 15 is 0 Å². The lowest BCUT2D eigenvalue weighted by atomic mass is 10.3. The lowest BCUT2D eigenvalue weighted by molar-refractivity contribution is -0.158. The molecule has 1 heterocycles. The normalized spacial score (nSPS) is 15.8. The summed E-state index contributed by atoms with van der Waals surface area (Å²) in [5.74, 6) is -0.841. The number of likely N-dealkylation sites (tertiary alicyclic amines) is 1. The van der Waals surface area contributed by atoms with Crippen LogP contribution in [0.25, 0.3) is 0 Å². The smallest absolute Gasteiger partial charge is 0.307 e. The number of sulfonamides is 1. The number of benzene rings is 1. The summed E-state index contributed by atoms with van der Waals surface area (Å²) in [7, 11) is -3.72. The fourth-order valence-corrected chi connectivity index (χ4v) is 3.64. The average Bonchev–Trinajstić information content (AvgIpc) is 3.08. The van der Waals surface area contributed by atoms with Gasteiger partial charge in [-0.1, -0.05) is 11.6 Å². The number of hydrogen-bond donors (Lipinski definition) is 1. The van der Waals surface area contributed by atoms with E-state index in [1.54, 1.807) is 4.90 Å². The number of carbonyl (C=O) groups is 2. The molecule has 1 N–H and O–H groups in total. The maximum atomic E-state index is 12.1. The number of ether oxygens (including phenoxy) is 1. The summed E-state index contributed by atoms with van der Waals surface area (Å²) in [5, 5.41) is 0.430. The van der Waals surface area contributed by atoms with Gasteiger partial charge < -0.3 is 9.64 Å². The fraction of sp³-hybridized carbons (Fsp3) is 0.500. The largest absolute Gasteiger partial charge is 0.452 e. The highest BCUT2D eigenvalue weighted by Crippen LogP contribution is 2.14. The second kappa shape index (κ2) is 8.64. The maximum Gasteiger partial charge on any atom is 0.307 e. The molecule has 25 heavy (non-hydrogen) atoms. The molecule has 9 heteroatoms. The minimum atomic E-state index is -3.72. The molecular formula is C16H21ClN2O5S. The third kappa shape index (κ3) is 5.69. The van der Waals surface area contributed by atoms with Gasteiger partial charge in [0.25, 0.3) is 5.91 Å². The number of nitrogens with one attached hydrogen (secondary N) is 1. The lowest BCUT2D eigenvalue weighted by Crippen LogP contribution is -2.38. The van der Waals surface area contributed by atoms with Gasteiger partial charge in [0.1, 0.15) is 0 Å². The van der Waals surface area contributed by atoms with Crippen LogP contribution < -0.4 is 4.72 Å². The monoisotopic (exact) mass is 388 g/mol. The number of carbonyl (C=O) groups excluding carboxylic acids is 2. The number of amides is 1. The molecule has 2 rings (SSSR count). The molecule has 1 aromatic rings. The Kier molecular flexibility index (Phi) is 6.80. The van der Waals surface area contributed by atoms with Crippen LogP contribution in [0.1, 0.15) is 26.2 Å². The zero-order valence-electron chi connectivity index (χ0n) is 13.9. The van der Waals surface area contributed by atoms with Crippen molar-refractivity contribution >= 4 is 33.5 Å². The van der Waals surface area contributed by atoms with E-state index in [1.165, 1.54) is 31.2 Å². The van der Waals surface area contributed by atoms with Crippen LogP contribution in [-0.4, -0.2) is 50.9 Å². The predicted molar refractivity (Wildman–Crippen MR) is 92.6 cm³/mol. The van der Waals surface area contributed by atoms with Gasteiger partial charge in [-0.3, -0.25) is 9.59 Å². The van der Waals surface area contributed by atoms with Crippen LogP contribution in [0.15, 0.2) is 29.2 Å². The molecule has 1 fully saturated rings. The Morgan fingerprint density at radius 2 is 1.84 bits per heavy atom. The molecule has 1 saturated heterocycles. The quantitative estimate of drug-likeness (QED) is 0.715. The molecule has 1 amide bonds. The molecule has 0 aromatic heterocycles. The summed E-state index contributed by atoms with van der Waals surface area (Å²) in [6.45, 7) is 2.77. The van der Waals surface area contributed by atoms with Gasteiger partial charge in [-0.2, -0.15) is 0 Å². The SMILES string of the molecule is C[C@@H](OC(=O)CCNS(=O)(=O)c1ccc(Cl)cc1)C(=O)N1CCCC1. The van der Waals surface area contributed by atoms with Gasteiger partial charge in [0.05, 0.1) is 11.3 Å². The molecule has 0 aliphatic carbocycles. The third-order valence-corrected chi connectivity index (χ3v) is 5.55. The summed E-state index contributed by atoms with van der Waals surface area (Å²) in [6, 6.07) is 5.69. The average molecular weight is 389 g/mol. The number of hydrogen-bond acceptors (Lipinski definition) is 5. The van der Waals surface area contributed by atoms with Gasteiger partial charge in [0, 0.05) is 24.7 Å². The lowest BCUT2D eigenvalue weighted by Gasteiger charge is -2.20. The zero-order chi connectivity index (χ0) is 18.4. The van der Waals surface area contributed by atoms with Crippen molar-refractivity contribution in [2.75, 3.05) is 19.6 Å². The Hall–Kier alpha value is -1.64. The topological polar surface area (TPSA) is 92.8 Å². The van der Waals surface area contributed by atoms with Crippen molar-refractivity contribution in [2.45, 2.75) is 37.2 Å². The summed E-state index contributed by atoms with van der Waals surface area (Å²) >= 11 is 5.72. The number of halogens is 1.